The molecule has 0 aliphatic carbocycles. The average Bonchev–Trinajstić information content (AvgIpc) is 2.50. The van der Waals surface area contributed by atoms with Gasteiger partial charge in [0.05, 0.1) is 4.92 Å². The number of nitro groups is 1. The second-order valence-corrected chi connectivity index (χ2v) is 4.42. The van der Waals surface area contributed by atoms with Gasteiger partial charge >= 0.3 is 5.69 Å². The standard InChI is InChI=1S/C10H18N4O3/c1-5-10(3,11)6-17-9-8(14(15)16)7(2)12-13(9)4/h5-6,11H2,1-4H3. The molecule has 0 bridgehead atoms. The van der Waals surface area contributed by atoms with Crippen molar-refractivity contribution in [1.29, 1.82) is 0 Å². The topological polar surface area (TPSA) is 96.2 Å². The molecule has 0 saturated heterocycles. The Morgan fingerprint density at radius 2 is 2.24 bits per heavy atom. The number of nitrogens with zero attached hydrogens (tertiary/aromatic N) is 3. The molecular formula is C10H18N4O3. The van der Waals surface area contributed by atoms with E-state index in [0.29, 0.717) is 5.69 Å². The van der Waals surface area contributed by atoms with Crippen molar-refractivity contribution in [3.05, 3.63) is 15.8 Å². The highest BCUT2D eigenvalue weighted by Gasteiger charge is 2.27. The molecule has 1 heterocycles. The summed E-state index contributed by atoms with van der Waals surface area (Å²) in [7, 11) is 1.61. The lowest BCUT2D eigenvalue weighted by atomic mass is 10.0. The number of ether oxygens (including phenoxy) is 1. The first-order valence-corrected chi connectivity index (χ1v) is 5.38. The van der Waals surface area contributed by atoms with E-state index < -0.39 is 10.5 Å². The molecule has 0 aromatic carbocycles. The van der Waals surface area contributed by atoms with E-state index in [4.69, 9.17) is 10.5 Å². The molecule has 0 aliphatic rings. The molecule has 0 amide bonds. The molecule has 1 rings (SSSR count). The number of hydrogen-bond donors (Lipinski definition) is 1. The Kier molecular flexibility index (Phi) is 3.72. The molecule has 0 radical (unpaired) electrons. The zero-order chi connectivity index (χ0) is 13.2. The van der Waals surface area contributed by atoms with Gasteiger partial charge in [0.15, 0.2) is 0 Å². The highest BCUT2D eigenvalue weighted by molar-refractivity contribution is 5.45. The summed E-state index contributed by atoms with van der Waals surface area (Å²) in [4.78, 5) is 10.4. The summed E-state index contributed by atoms with van der Waals surface area (Å²) in [5.74, 6) is 0.151. The number of hydrogen-bond acceptors (Lipinski definition) is 5. The van der Waals surface area contributed by atoms with Crippen LogP contribution in [0.5, 0.6) is 5.88 Å². The SMILES string of the molecule is CCC(C)(N)COc1c([N+](=O)[O-])c(C)nn1C. The molecule has 0 saturated carbocycles. The second-order valence-electron chi connectivity index (χ2n) is 4.42. The van der Waals surface area contributed by atoms with Crippen LogP contribution in [0.3, 0.4) is 0 Å². The summed E-state index contributed by atoms with van der Waals surface area (Å²) >= 11 is 0. The van der Waals surface area contributed by atoms with Gasteiger partial charge in [0.2, 0.25) is 0 Å². The highest BCUT2D eigenvalue weighted by Crippen LogP contribution is 2.30. The normalized spacial score (nSPS) is 14.4. The Morgan fingerprint density at radius 3 is 2.71 bits per heavy atom. The second kappa shape index (κ2) is 4.70. The Bertz CT molecular complexity index is 425. The largest absolute Gasteiger partial charge is 0.471 e. The van der Waals surface area contributed by atoms with Gasteiger partial charge in [-0.2, -0.15) is 5.10 Å². The first-order valence-electron chi connectivity index (χ1n) is 5.38. The summed E-state index contributed by atoms with van der Waals surface area (Å²) in [5, 5.41) is 14.9. The van der Waals surface area contributed by atoms with Gasteiger partial charge in [-0.1, -0.05) is 6.92 Å². The van der Waals surface area contributed by atoms with Gasteiger partial charge in [0, 0.05) is 12.6 Å². The van der Waals surface area contributed by atoms with Crippen molar-refractivity contribution in [2.45, 2.75) is 32.7 Å². The van der Waals surface area contributed by atoms with Crippen molar-refractivity contribution in [1.82, 2.24) is 9.78 Å². The van der Waals surface area contributed by atoms with Crippen LogP contribution in [0.1, 0.15) is 26.0 Å². The lowest BCUT2D eigenvalue weighted by Crippen LogP contribution is -2.41. The van der Waals surface area contributed by atoms with Gasteiger partial charge < -0.3 is 10.5 Å². The molecular weight excluding hydrogens is 224 g/mol. The fourth-order valence-electron chi connectivity index (χ4n) is 1.33. The van der Waals surface area contributed by atoms with E-state index in [1.165, 1.54) is 4.68 Å². The van der Waals surface area contributed by atoms with Crippen LogP contribution in [0.25, 0.3) is 0 Å². The van der Waals surface area contributed by atoms with E-state index in [2.05, 4.69) is 5.10 Å². The Morgan fingerprint density at radius 1 is 1.65 bits per heavy atom. The first kappa shape index (κ1) is 13.4. The van der Waals surface area contributed by atoms with E-state index >= 15 is 0 Å². The van der Waals surface area contributed by atoms with E-state index in [-0.39, 0.29) is 18.2 Å². The van der Waals surface area contributed by atoms with E-state index in [0.717, 1.165) is 6.42 Å². The fraction of sp³-hybridized carbons (Fsp3) is 0.700. The predicted octanol–water partition coefficient (Wildman–Crippen LogP) is 1.14. The number of rotatable bonds is 5. The molecule has 1 atom stereocenters. The predicted molar refractivity (Wildman–Crippen MR) is 63.0 cm³/mol. The summed E-state index contributed by atoms with van der Waals surface area (Å²) in [5.41, 5.74) is 5.65. The highest BCUT2D eigenvalue weighted by atomic mass is 16.6. The lowest BCUT2D eigenvalue weighted by molar-refractivity contribution is -0.386. The van der Waals surface area contributed by atoms with Crippen molar-refractivity contribution in [3.8, 4) is 5.88 Å². The molecule has 7 heteroatoms. The van der Waals surface area contributed by atoms with Crippen LogP contribution in [-0.2, 0) is 7.05 Å². The molecule has 0 aliphatic heterocycles. The van der Waals surface area contributed by atoms with Crippen molar-refractivity contribution < 1.29 is 9.66 Å². The van der Waals surface area contributed by atoms with E-state index in [1.807, 2.05) is 13.8 Å². The maximum atomic E-state index is 10.9. The minimum absolute atomic E-state index is 0.0978. The molecule has 0 spiro atoms. The monoisotopic (exact) mass is 242 g/mol. The first-order chi connectivity index (χ1) is 7.78. The molecule has 0 fully saturated rings. The van der Waals surface area contributed by atoms with Crippen molar-refractivity contribution in [2.75, 3.05) is 6.61 Å². The van der Waals surface area contributed by atoms with Crippen molar-refractivity contribution in [2.24, 2.45) is 12.8 Å². The Balaban J connectivity index is 2.95. The van der Waals surface area contributed by atoms with Crippen molar-refractivity contribution in [3.63, 3.8) is 0 Å². The van der Waals surface area contributed by atoms with Crippen molar-refractivity contribution >= 4 is 5.69 Å². The average molecular weight is 242 g/mol. The van der Waals surface area contributed by atoms with Gasteiger partial charge in [-0.15, -0.1) is 0 Å². The number of nitrogens with two attached hydrogens (primary N) is 1. The van der Waals surface area contributed by atoms with Gasteiger partial charge in [0.1, 0.15) is 12.3 Å². The van der Waals surface area contributed by atoms with E-state index in [1.54, 1.807) is 14.0 Å². The maximum absolute atomic E-state index is 10.9. The summed E-state index contributed by atoms with van der Waals surface area (Å²) in [6.45, 7) is 5.56. The molecule has 7 nitrogen and oxygen atoms in total. The third-order valence-electron chi connectivity index (χ3n) is 2.67. The number of aromatic nitrogens is 2. The van der Waals surface area contributed by atoms with Gasteiger partial charge in [-0.25, -0.2) is 4.68 Å². The van der Waals surface area contributed by atoms with Gasteiger partial charge in [0.25, 0.3) is 5.88 Å². The summed E-state index contributed by atoms with van der Waals surface area (Å²) in [6.07, 6.45) is 0.720. The summed E-state index contributed by atoms with van der Waals surface area (Å²) < 4.78 is 6.80. The smallest absolute Gasteiger partial charge is 0.353 e. The Labute approximate surface area is 99.7 Å². The van der Waals surface area contributed by atoms with Crippen LogP contribution in [0, 0.1) is 17.0 Å². The van der Waals surface area contributed by atoms with Crippen LogP contribution in [-0.4, -0.2) is 26.8 Å². The maximum Gasteiger partial charge on any atom is 0.353 e. The third-order valence-corrected chi connectivity index (χ3v) is 2.67. The molecule has 1 unspecified atom stereocenters. The number of aryl methyl sites for hydroxylation is 2. The lowest BCUT2D eigenvalue weighted by Gasteiger charge is -2.22. The van der Waals surface area contributed by atoms with Gasteiger partial charge in [-0.3, -0.25) is 10.1 Å². The van der Waals surface area contributed by atoms with Crippen LogP contribution in [0.4, 0.5) is 5.69 Å². The van der Waals surface area contributed by atoms with Crippen LogP contribution < -0.4 is 10.5 Å². The minimum atomic E-state index is -0.508. The van der Waals surface area contributed by atoms with Crippen LogP contribution >= 0.6 is 0 Å². The van der Waals surface area contributed by atoms with E-state index in [9.17, 15) is 10.1 Å². The van der Waals surface area contributed by atoms with Crippen LogP contribution in [0.2, 0.25) is 0 Å². The third kappa shape index (κ3) is 2.94. The molecule has 96 valence electrons. The fourth-order valence-corrected chi connectivity index (χ4v) is 1.33. The van der Waals surface area contributed by atoms with Crippen LogP contribution in [0.15, 0.2) is 0 Å². The van der Waals surface area contributed by atoms with Gasteiger partial charge in [-0.05, 0) is 20.3 Å². The molecule has 17 heavy (non-hydrogen) atoms. The zero-order valence-corrected chi connectivity index (χ0v) is 10.6. The summed E-state index contributed by atoms with van der Waals surface area (Å²) in [6, 6.07) is 0. The Hall–Kier alpha value is -1.63. The zero-order valence-electron chi connectivity index (χ0n) is 10.6. The minimum Gasteiger partial charge on any atom is -0.471 e. The molecule has 1 aromatic heterocycles. The molecule has 1 aromatic rings. The quantitative estimate of drug-likeness (QED) is 0.617. The molecule has 2 N–H and O–H groups in total.